The number of carbonyl (C=O) groups excluding carboxylic acids is 1. The van der Waals surface area contributed by atoms with Crippen molar-refractivity contribution >= 4 is 23.4 Å². The first-order chi connectivity index (χ1) is 8.66. The third-order valence-corrected chi connectivity index (χ3v) is 3.40. The Morgan fingerprint density at radius 2 is 2.00 bits per heavy atom. The molecular formula is C13H13N3OS. The number of benzene rings is 1. The van der Waals surface area contributed by atoms with Crippen molar-refractivity contribution in [2.24, 2.45) is 5.73 Å². The highest BCUT2D eigenvalue weighted by molar-refractivity contribution is 7.98. The minimum atomic E-state index is -0.531. The molecule has 0 fully saturated rings. The molecule has 0 bridgehead atoms. The minimum Gasteiger partial charge on any atom is -0.397 e. The summed E-state index contributed by atoms with van der Waals surface area (Å²) in [6.07, 6.45) is 1.47. The van der Waals surface area contributed by atoms with Crippen molar-refractivity contribution in [2.75, 3.05) is 5.73 Å². The molecule has 1 heterocycles. The Labute approximate surface area is 109 Å². The third kappa shape index (κ3) is 3.01. The van der Waals surface area contributed by atoms with Crippen LogP contribution in [0.15, 0.2) is 47.6 Å². The molecule has 4 N–H and O–H groups in total. The van der Waals surface area contributed by atoms with E-state index in [1.54, 1.807) is 6.07 Å². The molecule has 1 aromatic carbocycles. The van der Waals surface area contributed by atoms with Crippen molar-refractivity contribution in [3.05, 3.63) is 53.7 Å². The van der Waals surface area contributed by atoms with Crippen LogP contribution in [0.1, 0.15) is 15.9 Å². The number of hydrogen-bond acceptors (Lipinski definition) is 4. The first-order valence-corrected chi connectivity index (χ1v) is 6.37. The number of primary amides is 1. The Hall–Kier alpha value is -2.01. The van der Waals surface area contributed by atoms with Gasteiger partial charge in [0.2, 0.25) is 0 Å². The standard InChI is InChI=1S/C13H13N3OS/c14-11-7-16-12(6-10(11)13(15)17)18-8-9-4-2-1-3-5-9/h1-7H,8,14H2,(H2,15,17). The zero-order valence-electron chi connectivity index (χ0n) is 9.67. The number of nitrogen functional groups attached to an aromatic ring is 1. The van der Waals surface area contributed by atoms with E-state index in [-0.39, 0.29) is 0 Å². The molecule has 0 aliphatic carbocycles. The lowest BCUT2D eigenvalue weighted by molar-refractivity contribution is 0.100. The third-order valence-electron chi connectivity index (χ3n) is 2.40. The fraction of sp³-hybridized carbons (Fsp3) is 0.0769. The lowest BCUT2D eigenvalue weighted by Gasteiger charge is -2.05. The maximum Gasteiger partial charge on any atom is 0.250 e. The van der Waals surface area contributed by atoms with Crippen LogP contribution in [0, 0.1) is 0 Å². The van der Waals surface area contributed by atoms with E-state index < -0.39 is 5.91 Å². The average molecular weight is 259 g/mol. The van der Waals surface area contributed by atoms with Gasteiger partial charge in [0.1, 0.15) is 0 Å². The van der Waals surface area contributed by atoms with Crippen molar-refractivity contribution in [3.8, 4) is 0 Å². The van der Waals surface area contributed by atoms with Crippen LogP contribution in [-0.4, -0.2) is 10.9 Å². The highest BCUT2D eigenvalue weighted by Crippen LogP contribution is 2.23. The molecule has 0 atom stereocenters. The summed E-state index contributed by atoms with van der Waals surface area (Å²) in [6.45, 7) is 0. The van der Waals surface area contributed by atoms with Crippen molar-refractivity contribution in [1.82, 2.24) is 4.98 Å². The fourth-order valence-corrected chi connectivity index (χ4v) is 2.31. The highest BCUT2D eigenvalue weighted by Gasteiger charge is 2.08. The van der Waals surface area contributed by atoms with Gasteiger partial charge >= 0.3 is 0 Å². The molecule has 1 amide bonds. The molecule has 2 rings (SSSR count). The molecule has 0 radical (unpaired) electrons. The van der Waals surface area contributed by atoms with Gasteiger partial charge in [-0.1, -0.05) is 30.3 Å². The molecule has 5 heteroatoms. The van der Waals surface area contributed by atoms with E-state index in [1.807, 2.05) is 30.3 Å². The van der Waals surface area contributed by atoms with Crippen LogP contribution in [0.5, 0.6) is 0 Å². The molecule has 0 saturated carbocycles. The Morgan fingerprint density at radius 1 is 1.28 bits per heavy atom. The average Bonchev–Trinajstić information content (AvgIpc) is 2.38. The number of nitrogens with zero attached hydrogens (tertiary/aromatic N) is 1. The van der Waals surface area contributed by atoms with Crippen LogP contribution >= 0.6 is 11.8 Å². The quantitative estimate of drug-likeness (QED) is 0.823. The molecule has 2 aromatic rings. The van der Waals surface area contributed by atoms with Gasteiger partial charge in [-0.3, -0.25) is 4.79 Å². The molecule has 1 aromatic heterocycles. The number of anilines is 1. The van der Waals surface area contributed by atoms with E-state index >= 15 is 0 Å². The summed E-state index contributed by atoms with van der Waals surface area (Å²) in [5.41, 5.74) is 12.7. The monoisotopic (exact) mass is 259 g/mol. The Kier molecular flexibility index (Phi) is 3.84. The molecule has 18 heavy (non-hydrogen) atoms. The van der Waals surface area contributed by atoms with Crippen LogP contribution in [0.25, 0.3) is 0 Å². The Balaban J connectivity index is 2.11. The first kappa shape index (κ1) is 12.4. The van der Waals surface area contributed by atoms with Gasteiger partial charge in [-0.25, -0.2) is 4.98 Å². The Bertz CT molecular complexity index is 557. The summed E-state index contributed by atoms with van der Waals surface area (Å²) in [5.74, 6) is 0.257. The van der Waals surface area contributed by atoms with Gasteiger partial charge in [0.25, 0.3) is 5.91 Å². The van der Waals surface area contributed by atoms with Crippen LogP contribution in [-0.2, 0) is 5.75 Å². The summed E-state index contributed by atoms with van der Waals surface area (Å²) in [5, 5.41) is 0.738. The van der Waals surface area contributed by atoms with E-state index in [1.165, 1.54) is 23.5 Å². The van der Waals surface area contributed by atoms with Crippen molar-refractivity contribution < 1.29 is 4.79 Å². The van der Waals surface area contributed by atoms with Crippen molar-refractivity contribution in [1.29, 1.82) is 0 Å². The van der Waals surface area contributed by atoms with E-state index in [0.29, 0.717) is 11.3 Å². The van der Waals surface area contributed by atoms with E-state index in [2.05, 4.69) is 4.98 Å². The molecule has 0 saturated heterocycles. The van der Waals surface area contributed by atoms with E-state index in [4.69, 9.17) is 11.5 Å². The molecule has 0 aliphatic rings. The summed E-state index contributed by atoms with van der Waals surface area (Å²) in [4.78, 5) is 15.3. The van der Waals surface area contributed by atoms with Gasteiger partial charge in [-0.15, -0.1) is 11.8 Å². The molecular weight excluding hydrogens is 246 g/mol. The molecule has 0 spiro atoms. The number of amides is 1. The van der Waals surface area contributed by atoms with Crippen molar-refractivity contribution in [2.45, 2.75) is 10.8 Å². The van der Waals surface area contributed by atoms with Gasteiger partial charge in [-0.2, -0.15) is 0 Å². The normalized spacial score (nSPS) is 10.2. The number of pyridine rings is 1. The van der Waals surface area contributed by atoms with Crippen molar-refractivity contribution in [3.63, 3.8) is 0 Å². The van der Waals surface area contributed by atoms with Gasteiger partial charge in [0.15, 0.2) is 0 Å². The number of thioether (sulfide) groups is 1. The van der Waals surface area contributed by atoms with E-state index in [0.717, 1.165) is 10.8 Å². The smallest absolute Gasteiger partial charge is 0.250 e. The van der Waals surface area contributed by atoms with Crippen LogP contribution < -0.4 is 11.5 Å². The molecule has 4 nitrogen and oxygen atoms in total. The fourth-order valence-electron chi connectivity index (χ4n) is 1.47. The summed E-state index contributed by atoms with van der Waals surface area (Å²) < 4.78 is 0. The van der Waals surface area contributed by atoms with Crippen LogP contribution in [0.3, 0.4) is 0 Å². The molecule has 0 unspecified atom stereocenters. The second kappa shape index (κ2) is 5.55. The number of hydrogen-bond donors (Lipinski definition) is 2. The zero-order valence-corrected chi connectivity index (χ0v) is 10.5. The number of aromatic nitrogens is 1. The second-order valence-electron chi connectivity index (χ2n) is 3.75. The van der Waals surface area contributed by atoms with Crippen LogP contribution in [0.4, 0.5) is 5.69 Å². The lowest BCUT2D eigenvalue weighted by atomic mass is 10.2. The van der Waals surface area contributed by atoms with Gasteiger partial charge in [0, 0.05) is 5.75 Å². The topological polar surface area (TPSA) is 82.0 Å². The Morgan fingerprint density at radius 3 is 2.67 bits per heavy atom. The summed E-state index contributed by atoms with van der Waals surface area (Å²) in [6, 6.07) is 11.7. The summed E-state index contributed by atoms with van der Waals surface area (Å²) >= 11 is 1.54. The summed E-state index contributed by atoms with van der Waals surface area (Å²) in [7, 11) is 0. The lowest BCUT2D eigenvalue weighted by Crippen LogP contribution is -2.13. The second-order valence-corrected chi connectivity index (χ2v) is 4.74. The van der Waals surface area contributed by atoms with Crippen LogP contribution in [0.2, 0.25) is 0 Å². The highest BCUT2D eigenvalue weighted by atomic mass is 32.2. The van der Waals surface area contributed by atoms with Gasteiger partial charge in [-0.05, 0) is 11.6 Å². The number of nitrogens with two attached hydrogens (primary N) is 2. The largest absolute Gasteiger partial charge is 0.397 e. The maximum absolute atomic E-state index is 11.2. The minimum absolute atomic E-state index is 0.312. The van der Waals surface area contributed by atoms with E-state index in [9.17, 15) is 4.79 Å². The maximum atomic E-state index is 11.2. The zero-order chi connectivity index (χ0) is 13.0. The predicted octanol–water partition coefficient (Wildman–Crippen LogP) is 2.06. The molecule has 0 aliphatic heterocycles. The van der Waals surface area contributed by atoms with Gasteiger partial charge < -0.3 is 11.5 Å². The SMILES string of the molecule is NC(=O)c1cc(SCc2ccccc2)ncc1N. The van der Waals surface area contributed by atoms with Gasteiger partial charge in [0.05, 0.1) is 22.5 Å². The molecule has 92 valence electrons. The first-order valence-electron chi connectivity index (χ1n) is 5.39. The number of rotatable bonds is 4. The predicted molar refractivity (Wildman–Crippen MR) is 73.2 cm³/mol. The number of carbonyl (C=O) groups is 1.